The molecule has 2 rings (SSSR count). The van der Waals surface area contributed by atoms with Crippen LogP contribution in [0.15, 0.2) is 24.3 Å². The van der Waals surface area contributed by atoms with Gasteiger partial charge in [-0.15, -0.1) is 0 Å². The van der Waals surface area contributed by atoms with Gasteiger partial charge >= 0.3 is 5.97 Å². The molecule has 0 atom stereocenters. The Morgan fingerprint density at radius 2 is 2.11 bits per heavy atom. The van der Waals surface area contributed by atoms with Crippen molar-refractivity contribution >= 4 is 29.2 Å². The molecule has 4 nitrogen and oxygen atoms in total. The van der Waals surface area contributed by atoms with Crippen molar-refractivity contribution in [3.8, 4) is 0 Å². The summed E-state index contributed by atoms with van der Waals surface area (Å²) in [6.45, 7) is 1.96. The summed E-state index contributed by atoms with van der Waals surface area (Å²) >= 11 is 0. The average Bonchev–Trinajstić information content (AvgIpc) is 2.62. The molecule has 0 radical (unpaired) electrons. The Kier molecular flexibility index (Phi) is 3.02. The minimum absolute atomic E-state index is 0.491. The van der Waals surface area contributed by atoms with Crippen molar-refractivity contribution < 1.29 is 14.7 Å². The maximum atomic E-state index is 11.0. The quantitative estimate of drug-likeness (QED) is 0.665. The molecular formula is C14H13NO3. The monoisotopic (exact) mass is 243 g/mol. The third kappa shape index (κ3) is 1.93. The molecule has 1 heterocycles. The Balaban J connectivity index is 2.77. The largest absolute Gasteiger partial charge is 0.478 e. The molecule has 0 unspecified atom stereocenters. The molecule has 92 valence electrons. The van der Waals surface area contributed by atoms with Crippen molar-refractivity contribution in [3.63, 3.8) is 0 Å². The van der Waals surface area contributed by atoms with Crippen LogP contribution in [0.25, 0.3) is 17.0 Å². The first-order chi connectivity index (χ1) is 8.54. The van der Waals surface area contributed by atoms with Gasteiger partial charge in [-0.25, -0.2) is 4.79 Å². The number of nitrogens with zero attached hydrogens (tertiary/aromatic N) is 1. The average molecular weight is 243 g/mol. The van der Waals surface area contributed by atoms with Gasteiger partial charge in [0.15, 0.2) is 6.29 Å². The maximum absolute atomic E-state index is 11.0. The lowest BCUT2D eigenvalue weighted by Crippen LogP contribution is -1.92. The lowest BCUT2D eigenvalue weighted by atomic mass is 10.0. The number of carbonyl (C=O) groups is 2. The summed E-state index contributed by atoms with van der Waals surface area (Å²) in [7, 11) is 1.93. The Labute approximate surface area is 104 Å². The predicted molar refractivity (Wildman–Crippen MR) is 69.7 cm³/mol. The van der Waals surface area contributed by atoms with Crippen LogP contribution in [-0.4, -0.2) is 21.9 Å². The van der Waals surface area contributed by atoms with Gasteiger partial charge in [0.2, 0.25) is 0 Å². The molecular weight excluding hydrogens is 230 g/mol. The number of carboxylic acids is 1. The molecule has 1 aromatic carbocycles. The second kappa shape index (κ2) is 4.49. The molecule has 0 aliphatic heterocycles. The third-order valence-corrected chi connectivity index (χ3v) is 3.06. The van der Waals surface area contributed by atoms with Gasteiger partial charge in [-0.2, -0.15) is 0 Å². The normalized spacial score (nSPS) is 11.2. The summed E-state index contributed by atoms with van der Waals surface area (Å²) in [5.41, 5.74) is 3.17. The molecule has 0 spiro atoms. The van der Waals surface area contributed by atoms with Crippen LogP contribution >= 0.6 is 0 Å². The summed E-state index contributed by atoms with van der Waals surface area (Å²) in [4.78, 5) is 21.6. The zero-order valence-electron chi connectivity index (χ0n) is 10.2. The summed E-state index contributed by atoms with van der Waals surface area (Å²) in [6, 6.07) is 5.52. The molecule has 0 saturated carbocycles. The van der Waals surface area contributed by atoms with Crippen molar-refractivity contribution in [1.29, 1.82) is 0 Å². The number of aryl methyl sites for hydroxylation is 2. The van der Waals surface area contributed by atoms with Gasteiger partial charge in [-0.05, 0) is 36.8 Å². The van der Waals surface area contributed by atoms with Crippen LogP contribution in [0.1, 0.15) is 21.6 Å². The van der Waals surface area contributed by atoms with Gasteiger partial charge in [0, 0.05) is 35.3 Å². The molecule has 0 amide bonds. The van der Waals surface area contributed by atoms with Crippen LogP contribution < -0.4 is 0 Å². The number of aldehydes is 1. The molecule has 1 N–H and O–H groups in total. The number of carbonyl (C=O) groups excluding carboxylic acids is 1. The highest BCUT2D eigenvalue weighted by Crippen LogP contribution is 2.25. The number of aliphatic carboxylic acids is 1. The number of aromatic nitrogens is 1. The molecule has 1 aromatic heterocycles. The van der Waals surface area contributed by atoms with E-state index in [1.54, 1.807) is 6.07 Å². The summed E-state index contributed by atoms with van der Waals surface area (Å²) in [5.74, 6) is -1.03. The molecule has 0 fully saturated rings. The smallest absolute Gasteiger partial charge is 0.328 e. The Bertz CT molecular complexity index is 665. The fourth-order valence-electron chi connectivity index (χ4n) is 2.03. The van der Waals surface area contributed by atoms with E-state index in [9.17, 15) is 9.59 Å². The van der Waals surface area contributed by atoms with Gasteiger partial charge < -0.3 is 9.67 Å². The lowest BCUT2D eigenvalue weighted by molar-refractivity contribution is -0.131. The standard InChI is InChI=1S/C14H13NO3/c1-9-7-12-11(4-6-14(17)18)10(8-16)3-5-13(12)15(9)2/h3-8H,1-2H3,(H,17,18)/b6-4+. The van der Waals surface area contributed by atoms with Crippen LogP contribution in [0.5, 0.6) is 0 Å². The van der Waals surface area contributed by atoms with Crippen LogP contribution in [0, 0.1) is 6.92 Å². The number of carboxylic acid groups (broad SMARTS) is 1. The fraction of sp³-hybridized carbons (Fsp3) is 0.143. The van der Waals surface area contributed by atoms with Crippen LogP contribution in [0.4, 0.5) is 0 Å². The highest BCUT2D eigenvalue weighted by Gasteiger charge is 2.09. The van der Waals surface area contributed by atoms with E-state index < -0.39 is 5.97 Å². The predicted octanol–water partition coefficient (Wildman–Crippen LogP) is 2.40. The second-order valence-electron chi connectivity index (χ2n) is 4.14. The van der Waals surface area contributed by atoms with Crippen LogP contribution in [-0.2, 0) is 11.8 Å². The van der Waals surface area contributed by atoms with Gasteiger partial charge in [-0.1, -0.05) is 0 Å². The highest BCUT2D eigenvalue weighted by atomic mass is 16.4. The Morgan fingerprint density at radius 3 is 2.72 bits per heavy atom. The van der Waals surface area contributed by atoms with Crippen LogP contribution in [0.3, 0.4) is 0 Å². The Hall–Kier alpha value is -2.36. The SMILES string of the molecule is Cc1cc2c(/C=C/C(=O)O)c(C=O)ccc2n1C. The van der Waals surface area contributed by atoms with E-state index in [-0.39, 0.29) is 0 Å². The van der Waals surface area contributed by atoms with E-state index >= 15 is 0 Å². The first-order valence-corrected chi connectivity index (χ1v) is 5.50. The van der Waals surface area contributed by atoms with Crippen molar-refractivity contribution in [3.05, 3.63) is 41.1 Å². The molecule has 0 saturated heterocycles. The van der Waals surface area contributed by atoms with Crippen molar-refractivity contribution in [2.24, 2.45) is 7.05 Å². The number of hydrogen-bond donors (Lipinski definition) is 1. The first kappa shape index (κ1) is 12.1. The molecule has 18 heavy (non-hydrogen) atoms. The van der Waals surface area contributed by atoms with E-state index in [0.29, 0.717) is 11.1 Å². The third-order valence-electron chi connectivity index (χ3n) is 3.06. The summed E-state index contributed by atoms with van der Waals surface area (Å²) in [6.07, 6.45) is 3.25. The zero-order valence-corrected chi connectivity index (χ0v) is 10.2. The maximum Gasteiger partial charge on any atom is 0.328 e. The lowest BCUT2D eigenvalue weighted by Gasteiger charge is -2.03. The minimum atomic E-state index is -1.03. The van der Waals surface area contributed by atoms with E-state index in [4.69, 9.17) is 5.11 Å². The fourth-order valence-corrected chi connectivity index (χ4v) is 2.03. The number of benzene rings is 1. The second-order valence-corrected chi connectivity index (χ2v) is 4.14. The molecule has 0 aliphatic rings. The van der Waals surface area contributed by atoms with Gasteiger partial charge in [-0.3, -0.25) is 4.79 Å². The van der Waals surface area contributed by atoms with E-state index in [1.165, 1.54) is 6.08 Å². The topological polar surface area (TPSA) is 59.3 Å². The summed E-state index contributed by atoms with van der Waals surface area (Å²) in [5, 5.41) is 9.58. The van der Waals surface area contributed by atoms with E-state index in [0.717, 1.165) is 29.0 Å². The summed E-state index contributed by atoms with van der Waals surface area (Å²) < 4.78 is 2.00. The molecule has 0 aliphatic carbocycles. The molecule has 4 heteroatoms. The molecule has 0 bridgehead atoms. The van der Waals surface area contributed by atoms with Gasteiger partial charge in [0.1, 0.15) is 0 Å². The minimum Gasteiger partial charge on any atom is -0.478 e. The highest BCUT2D eigenvalue weighted by molar-refractivity contribution is 6.00. The van der Waals surface area contributed by atoms with E-state index in [2.05, 4.69) is 0 Å². The van der Waals surface area contributed by atoms with Gasteiger partial charge in [0.25, 0.3) is 0 Å². The van der Waals surface area contributed by atoms with Gasteiger partial charge in [0.05, 0.1) is 0 Å². The Morgan fingerprint density at radius 1 is 1.39 bits per heavy atom. The van der Waals surface area contributed by atoms with Crippen molar-refractivity contribution in [2.75, 3.05) is 0 Å². The zero-order chi connectivity index (χ0) is 13.3. The number of hydrogen-bond acceptors (Lipinski definition) is 2. The van der Waals surface area contributed by atoms with Crippen LogP contribution in [0.2, 0.25) is 0 Å². The first-order valence-electron chi connectivity index (χ1n) is 5.50. The molecule has 2 aromatic rings. The van der Waals surface area contributed by atoms with E-state index in [1.807, 2.05) is 30.7 Å². The van der Waals surface area contributed by atoms with Crippen molar-refractivity contribution in [2.45, 2.75) is 6.92 Å². The number of fused-ring (bicyclic) bond motifs is 1. The van der Waals surface area contributed by atoms with Crippen molar-refractivity contribution in [1.82, 2.24) is 4.57 Å². The number of rotatable bonds is 3.